The molecular formula is C11H11Br2NO3. The van der Waals surface area contributed by atoms with Crippen LogP contribution >= 0.6 is 31.9 Å². The van der Waals surface area contributed by atoms with Crippen LogP contribution in [0.5, 0.6) is 11.5 Å². The highest BCUT2D eigenvalue weighted by atomic mass is 79.9. The molecule has 0 aliphatic rings. The van der Waals surface area contributed by atoms with Crippen molar-refractivity contribution in [1.82, 2.24) is 0 Å². The highest BCUT2D eigenvalue weighted by Gasteiger charge is 2.17. The summed E-state index contributed by atoms with van der Waals surface area (Å²) in [5.74, 6) is 1.19. The third-order valence-electron chi connectivity index (χ3n) is 2.00. The number of nitrogens with zero attached hydrogens (tertiary/aromatic N) is 1. The van der Waals surface area contributed by atoms with Crippen LogP contribution in [-0.4, -0.2) is 21.0 Å². The molecule has 0 amide bonds. The maximum Gasteiger partial charge on any atom is 0.188 e. The van der Waals surface area contributed by atoms with Crippen molar-refractivity contribution in [2.45, 2.75) is 6.42 Å². The highest BCUT2D eigenvalue weighted by Crippen LogP contribution is 2.42. The standard InChI is InChI=1S/C11H11Br2NO3/c1-15-6-17-10-7(3-4-14)5-8(12)11(16-2)9(10)13/h5H,3,6H2,1-2H3. The van der Waals surface area contributed by atoms with E-state index in [0.29, 0.717) is 16.0 Å². The topological polar surface area (TPSA) is 51.5 Å². The second-order valence-electron chi connectivity index (χ2n) is 3.08. The summed E-state index contributed by atoms with van der Waals surface area (Å²) in [4.78, 5) is 0. The molecule has 0 aliphatic carbocycles. The van der Waals surface area contributed by atoms with Crippen molar-refractivity contribution in [1.29, 1.82) is 5.26 Å². The van der Waals surface area contributed by atoms with E-state index in [-0.39, 0.29) is 13.2 Å². The number of benzene rings is 1. The number of halogens is 2. The molecule has 0 saturated heterocycles. The van der Waals surface area contributed by atoms with Gasteiger partial charge in [0.1, 0.15) is 10.2 Å². The maximum atomic E-state index is 8.78. The Bertz CT molecular complexity index is 443. The lowest BCUT2D eigenvalue weighted by Gasteiger charge is -2.15. The van der Waals surface area contributed by atoms with E-state index in [2.05, 4.69) is 37.9 Å². The fraction of sp³-hybridized carbons (Fsp3) is 0.364. The molecule has 1 rings (SSSR count). The summed E-state index contributed by atoms with van der Waals surface area (Å²) in [6.07, 6.45) is 0.250. The van der Waals surface area contributed by atoms with E-state index in [1.165, 1.54) is 7.11 Å². The van der Waals surface area contributed by atoms with Gasteiger partial charge in [-0.05, 0) is 37.9 Å². The summed E-state index contributed by atoms with van der Waals surface area (Å²) in [5.41, 5.74) is 0.768. The van der Waals surface area contributed by atoms with Crippen LogP contribution < -0.4 is 9.47 Å². The van der Waals surface area contributed by atoms with Gasteiger partial charge in [0, 0.05) is 12.7 Å². The van der Waals surface area contributed by atoms with Crippen LogP contribution in [0.2, 0.25) is 0 Å². The molecular weight excluding hydrogens is 354 g/mol. The average Bonchev–Trinajstić information content (AvgIpc) is 2.29. The van der Waals surface area contributed by atoms with Crippen molar-refractivity contribution in [3.8, 4) is 17.6 Å². The highest BCUT2D eigenvalue weighted by molar-refractivity contribution is 9.11. The van der Waals surface area contributed by atoms with Crippen LogP contribution in [0.3, 0.4) is 0 Å². The smallest absolute Gasteiger partial charge is 0.188 e. The van der Waals surface area contributed by atoms with Gasteiger partial charge in [0.15, 0.2) is 12.5 Å². The van der Waals surface area contributed by atoms with Crippen LogP contribution in [0.15, 0.2) is 15.0 Å². The zero-order chi connectivity index (χ0) is 12.8. The molecule has 1 aromatic carbocycles. The summed E-state index contributed by atoms with van der Waals surface area (Å²) >= 11 is 6.78. The number of ether oxygens (including phenoxy) is 3. The van der Waals surface area contributed by atoms with E-state index < -0.39 is 0 Å². The van der Waals surface area contributed by atoms with Gasteiger partial charge in [-0.1, -0.05) is 0 Å². The fourth-order valence-electron chi connectivity index (χ4n) is 1.31. The van der Waals surface area contributed by atoms with E-state index >= 15 is 0 Å². The largest absolute Gasteiger partial charge is 0.494 e. The van der Waals surface area contributed by atoms with Crippen molar-refractivity contribution < 1.29 is 14.2 Å². The van der Waals surface area contributed by atoms with Gasteiger partial charge < -0.3 is 14.2 Å². The SMILES string of the molecule is COCOc1c(CC#N)cc(Br)c(OC)c1Br. The van der Waals surface area contributed by atoms with Gasteiger partial charge in [-0.25, -0.2) is 0 Å². The molecule has 4 nitrogen and oxygen atoms in total. The lowest BCUT2D eigenvalue weighted by Crippen LogP contribution is -2.03. The van der Waals surface area contributed by atoms with Crippen LogP contribution in [0.4, 0.5) is 0 Å². The first-order valence-electron chi connectivity index (χ1n) is 4.69. The van der Waals surface area contributed by atoms with E-state index in [4.69, 9.17) is 19.5 Å². The summed E-state index contributed by atoms with van der Waals surface area (Å²) in [6, 6.07) is 3.89. The van der Waals surface area contributed by atoms with Crippen molar-refractivity contribution >= 4 is 31.9 Å². The van der Waals surface area contributed by atoms with Gasteiger partial charge >= 0.3 is 0 Å². The van der Waals surface area contributed by atoms with E-state index in [9.17, 15) is 0 Å². The third-order valence-corrected chi connectivity index (χ3v) is 3.31. The average molecular weight is 365 g/mol. The van der Waals surface area contributed by atoms with Crippen molar-refractivity contribution in [3.05, 3.63) is 20.6 Å². The molecule has 1 aromatic rings. The fourth-order valence-corrected chi connectivity index (χ4v) is 2.96. The second-order valence-corrected chi connectivity index (χ2v) is 4.73. The van der Waals surface area contributed by atoms with Crippen LogP contribution in [0.1, 0.15) is 5.56 Å². The predicted molar refractivity (Wildman–Crippen MR) is 70.2 cm³/mol. The van der Waals surface area contributed by atoms with Gasteiger partial charge in [0.2, 0.25) is 0 Å². The van der Waals surface area contributed by atoms with Gasteiger partial charge in [-0.2, -0.15) is 5.26 Å². The summed E-state index contributed by atoms with van der Waals surface area (Å²) in [5, 5.41) is 8.78. The molecule has 0 spiro atoms. The molecule has 17 heavy (non-hydrogen) atoms. The van der Waals surface area contributed by atoms with E-state index in [1.807, 2.05) is 0 Å². The molecule has 92 valence electrons. The molecule has 0 radical (unpaired) electrons. The molecule has 0 N–H and O–H groups in total. The molecule has 0 unspecified atom stereocenters. The molecule has 0 aromatic heterocycles. The van der Waals surface area contributed by atoms with Crippen molar-refractivity contribution in [2.24, 2.45) is 0 Å². The van der Waals surface area contributed by atoms with Crippen LogP contribution in [0, 0.1) is 11.3 Å². The Morgan fingerprint density at radius 3 is 2.53 bits per heavy atom. The molecule has 0 heterocycles. The summed E-state index contributed by atoms with van der Waals surface area (Å²) in [7, 11) is 3.10. The molecule has 0 atom stereocenters. The normalized spacial score (nSPS) is 9.82. The number of rotatable bonds is 5. The number of hydrogen-bond donors (Lipinski definition) is 0. The Morgan fingerprint density at radius 2 is 2.00 bits per heavy atom. The minimum absolute atomic E-state index is 0.113. The quantitative estimate of drug-likeness (QED) is 0.752. The molecule has 0 saturated carbocycles. The molecule has 0 fully saturated rings. The van der Waals surface area contributed by atoms with Crippen LogP contribution in [-0.2, 0) is 11.2 Å². The Balaban J connectivity index is 3.25. The van der Waals surface area contributed by atoms with Crippen molar-refractivity contribution in [3.63, 3.8) is 0 Å². The van der Waals surface area contributed by atoms with E-state index in [1.54, 1.807) is 13.2 Å². The number of methoxy groups -OCH3 is 2. The minimum atomic E-state index is 0.113. The Kier molecular flexibility index (Phi) is 5.75. The van der Waals surface area contributed by atoms with Crippen molar-refractivity contribution in [2.75, 3.05) is 21.0 Å². The first-order valence-corrected chi connectivity index (χ1v) is 6.27. The Hall–Kier alpha value is -0.770. The minimum Gasteiger partial charge on any atom is -0.494 e. The maximum absolute atomic E-state index is 8.78. The second kappa shape index (κ2) is 6.84. The number of hydrogen-bond acceptors (Lipinski definition) is 4. The van der Waals surface area contributed by atoms with Gasteiger partial charge in [0.25, 0.3) is 0 Å². The third kappa shape index (κ3) is 3.35. The Morgan fingerprint density at radius 1 is 1.29 bits per heavy atom. The molecule has 0 bridgehead atoms. The Labute approximate surface area is 117 Å². The monoisotopic (exact) mass is 363 g/mol. The predicted octanol–water partition coefficient (Wildman–Crippen LogP) is 3.27. The summed E-state index contributed by atoms with van der Waals surface area (Å²) in [6.45, 7) is 0.113. The van der Waals surface area contributed by atoms with Gasteiger partial charge in [-0.3, -0.25) is 0 Å². The van der Waals surface area contributed by atoms with Gasteiger partial charge in [-0.15, -0.1) is 0 Å². The molecule has 6 heteroatoms. The number of nitriles is 1. The zero-order valence-corrected chi connectivity index (χ0v) is 12.6. The first-order chi connectivity index (χ1) is 8.15. The molecule has 0 aliphatic heterocycles. The first kappa shape index (κ1) is 14.3. The lowest BCUT2D eigenvalue weighted by atomic mass is 10.1. The summed E-state index contributed by atoms with van der Waals surface area (Å²) < 4.78 is 17.0. The lowest BCUT2D eigenvalue weighted by molar-refractivity contribution is 0.0498. The zero-order valence-electron chi connectivity index (χ0n) is 9.42. The van der Waals surface area contributed by atoms with E-state index in [0.717, 1.165) is 10.0 Å². The van der Waals surface area contributed by atoms with Crippen LogP contribution in [0.25, 0.3) is 0 Å². The van der Waals surface area contributed by atoms with Gasteiger partial charge in [0.05, 0.1) is 24.1 Å².